The Bertz CT molecular complexity index is 1140. The molecule has 0 fully saturated rings. The van der Waals surface area contributed by atoms with Gasteiger partial charge >= 0.3 is 0 Å². The summed E-state index contributed by atoms with van der Waals surface area (Å²) >= 11 is 0. The minimum atomic E-state index is -0.356. The molecule has 0 amide bonds. The fraction of sp³-hybridized carbons (Fsp3) is 0.182. The van der Waals surface area contributed by atoms with Crippen LogP contribution in [0.25, 0.3) is 33.4 Å². The van der Waals surface area contributed by atoms with Gasteiger partial charge in [-0.3, -0.25) is 9.97 Å². The number of hydrogen-bond acceptors (Lipinski definition) is 5. The predicted molar refractivity (Wildman–Crippen MR) is 111 cm³/mol. The molecule has 4 rings (SSSR count). The van der Waals surface area contributed by atoms with Crippen LogP contribution in [-0.4, -0.2) is 42.3 Å². The van der Waals surface area contributed by atoms with Crippen LogP contribution in [0.15, 0.2) is 55.0 Å². The van der Waals surface area contributed by atoms with Crippen LogP contribution in [0.3, 0.4) is 0 Å². The monoisotopic (exact) mass is 392 g/mol. The van der Waals surface area contributed by atoms with Crippen molar-refractivity contribution in [1.82, 2.24) is 20.3 Å². The number of aromatic amines is 1. The third-order valence-electron chi connectivity index (χ3n) is 4.66. The number of fused-ring (bicyclic) bond motifs is 1. The van der Waals surface area contributed by atoms with Gasteiger partial charge in [-0.05, 0) is 43.4 Å². The van der Waals surface area contributed by atoms with Crippen LogP contribution in [0, 0.1) is 5.82 Å². The molecule has 29 heavy (non-hydrogen) atoms. The molecule has 2 N–H and O–H groups in total. The summed E-state index contributed by atoms with van der Waals surface area (Å²) in [5, 5.41) is 3.05. The van der Waals surface area contributed by atoms with Gasteiger partial charge in [0.1, 0.15) is 23.9 Å². The summed E-state index contributed by atoms with van der Waals surface area (Å²) in [5.74, 6) is 0.821. The Balaban J connectivity index is 1.95. The normalized spacial score (nSPS) is 11.0. The van der Waals surface area contributed by atoms with Crippen molar-refractivity contribution >= 4 is 11.0 Å². The zero-order valence-electron chi connectivity index (χ0n) is 16.2. The Morgan fingerprint density at radius 2 is 2.03 bits per heavy atom. The van der Waals surface area contributed by atoms with Crippen LogP contribution in [0.2, 0.25) is 0 Å². The highest BCUT2D eigenvalue weighted by Crippen LogP contribution is 2.42. The van der Waals surface area contributed by atoms with Crippen LogP contribution in [0.1, 0.15) is 0 Å². The van der Waals surface area contributed by atoms with E-state index in [4.69, 9.17) is 9.47 Å². The molecule has 0 radical (unpaired) electrons. The molecule has 3 heterocycles. The van der Waals surface area contributed by atoms with Crippen molar-refractivity contribution in [3.05, 3.63) is 60.8 Å². The molecule has 1 aromatic carbocycles. The van der Waals surface area contributed by atoms with E-state index in [1.165, 1.54) is 6.07 Å². The topological polar surface area (TPSA) is 72.1 Å². The summed E-state index contributed by atoms with van der Waals surface area (Å²) < 4.78 is 26.1. The van der Waals surface area contributed by atoms with E-state index in [1.807, 2.05) is 25.2 Å². The van der Waals surface area contributed by atoms with Crippen LogP contribution < -0.4 is 14.8 Å². The second-order valence-electron chi connectivity index (χ2n) is 6.44. The van der Waals surface area contributed by atoms with Gasteiger partial charge in [-0.1, -0.05) is 0 Å². The summed E-state index contributed by atoms with van der Waals surface area (Å²) in [6.45, 7) is 1.18. The number of likely N-dealkylation sites (N-methyl/N-ethyl adjacent to an activating group) is 1. The average molecular weight is 392 g/mol. The summed E-state index contributed by atoms with van der Waals surface area (Å²) in [4.78, 5) is 12.1. The second-order valence-corrected chi connectivity index (χ2v) is 6.44. The SMILES string of the molecule is CNCCOc1cnccc1-c1[nH]c2cccnc2c1-c1cc(OC)ccc1F. The van der Waals surface area contributed by atoms with Crippen LogP contribution in [-0.2, 0) is 0 Å². The molecule has 0 bridgehead atoms. The molecule has 3 aromatic heterocycles. The number of ether oxygens (including phenoxy) is 2. The predicted octanol–water partition coefficient (Wildman–Crippen LogP) is 4.04. The zero-order chi connectivity index (χ0) is 20.2. The van der Waals surface area contributed by atoms with Gasteiger partial charge in [0.05, 0.1) is 30.0 Å². The van der Waals surface area contributed by atoms with Crippen LogP contribution in [0.5, 0.6) is 11.5 Å². The maximum Gasteiger partial charge on any atom is 0.146 e. The van der Waals surface area contributed by atoms with Crippen molar-refractivity contribution < 1.29 is 13.9 Å². The summed E-state index contributed by atoms with van der Waals surface area (Å²) in [7, 11) is 3.42. The maximum atomic E-state index is 14.9. The van der Waals surface area contributed by atoms with Gasteiger partial charge in [0.15, 0.2) is 0 Å². The lowest BCUT2D eigenvalue weighted by Gasteiger charge is -2.12. The first kappa shape index (κ1) is 18.9. The fourth-order valence-corrected chi connectivity index (χ4v) is 3.27. The van der Waals surface area contributed by atoms with Crippen LogP contribution in [0.4, 0.5) is 4.39 Å². The number of nitrogens with one attached hydrogen (secondary N) is 2. The van der Waals surface area contributed by atoms with E-state index < -0.39 is 0 Å². The summed E-state index contributed by atoms with van der Waals surface area (Å²) in [6.07, 6.45) is 5.04. The molecule has 0 spiro atoms. The van der Waals surface area contributed by atoms with Crippen molar-refractivity contribution in [3.63, 3.8) is 0 Å². The summed E-state index contributed by atoms with van der Waals surface area (Å²) in [5.41, 5.74) is 4.04. The lowest BCUT2D eigenvalue weighted by Crippen LogP contribution is -2.16. The molecule has 4 aromatic rings. The largest absolute Gasteiger partial charge is 0.497 e. The fourth-order valence-electron chi connectivity index (χ4n) is 3.27. The number of pyridine rings is 2. The minimum absolute atomic E-state index is 0.356. The number of benzene rings is 1. The molecule has 0 aliphatic carbocycles. The van der Waals surface area contributed by atoms with E-state index in [2.05, 4.69) is 20.3 Å². The Labute approximate surface area is 167 Å². The highest BCUT2D eigenvalue weighted by atomic mass is 19.1. The Morgan fingerprint density at radius 1 is 1.14 bits per heavy atom. The molecule has 7 heteroatoms. The number of H-pyrrole nitrogens is 1. The van der Waals surface area contributed by atoms with E-state index >= 15 is 0 Å². The Kier molecular flexibility index (Phi) is 5.39. The molecular weight excluding hydrogens is 371 g/mol. The first-order valence-electron chi connectivity index (χ1n) is 9.25. The second kappa shape index (κ2) is 8.28. The average Bonchev–Trinajstić information content (AvgIpc) is 3.14. The molecule has 0 saturated carbocycles. The number of aromatic nitrogens is 3. The lowest BCUT2D eigenvalue weighted by molar-refractivity contribution is 0.318. The van der Waals surface area contributed by atoms with E-state index in [9.17, 15) is 4.39 Å². The zero-order valence-corrected chi connectivity index (χ0v) is 16.2. The highest BCUT2D eigenvalue weighted by Gasteiger charge is 2.21. The van der Waals surface area contributed by atoms with E-state index in [0.29, 0.717) is 47.0 Å². The third kappa shape index (κ3) is 3.64. The lowest BCUT2D eigenvalue weighted by atomic mass is 9.99. The van der Waals surface area contributed by atoms with Gasteiger partial charge < -0.3 is 19.8 Å². The standard InChI is InChI=1S/C22H21FN4O2/c1-24-10-11-29-19-13-25-9-7-15(19)21-20(22-18(27-21)4-3-8-26-22)16-12-14(28-2)5-6-17(16)23/h3-9,12-13,24,27H,10-11H2,1-2H3. The smallest absolute Gasteiger partial charge is 0.146 e. The van der Waals surface area contributed by atoms with E-state index in [-0.39, 0.29) is 5.82 Å². The first-order chi connectivity index (χ1) is 14.2. The number of hydrogen-bond donors (Lipinski definition) is 2. The number of methoxy groups -OCH3 is 1. The third-order valence-corrected chi connectivity index (χ3v) is 4.66. The van der Waals surface area contributed by atoms with E-state index in [1.54, 1.807) is 37.8 Å². The van der Waals surface area contributed by atoms with Gasteiger partial charge in [0, 0.05) is 35.6 Å². The molecule has 0 atom stereocenters. The number of halogens is 1. The number of nitrogens with zero attached hydrogens (tertiary/aromatic N) is 2. The molecule has 148 valence electrons. The van der Waals surface area contributed by atoms with Gasteiger partial charge in [0.25, 0.3) is 0 Å². The van der Waals surface area contributed by atoms with Crippen molar-refractivity contribution in [2.24, 2.45) is 0 Å². The quantitative estimate of drug-likeness (QED) is 0.465. The molecule has 0 aliphatic heterocycles. The molecule has 6 nitrogen and oxygen atoms in total. The van der Waals surface area contributed by atoms with Crippen molar-refractivity contribution in [2.75, 3.05) is 27.3 Å². The van der Waals surface area contributed by atoms with E-state index in [0.717, 1.165) is 11.1 Å². The van der Waals surface area contributed by atoms with Gasteiger partial charge in [-0.15, -0.1) is 0 Å². The van der Waals surface area contributed by atoms with Gasteiger partial charge in [-0.2, -0.15) is 0 Å². The molecular formula is C22H21FN4O2. The molecule has 0 saturated heterocycles. The van der Waals surface area contributed by atoms with Gasteiger partial charge in [0.2, 0.25) is 0 Å². The van der Waals surface area contributed by atoms with Gasteiger partial charge in [-0.25, -0.2) is 4.39 Å². The first-order valence-corrected chi connectivity index (χ1v) is 9.25. The van der Waals surface area contributed by atoms with Crippen molar-refractivity contribution in [1.29, 1.82) is 0 Å². The Morgan fingerprint density at radius 3 is 2.86 bits per heavy atom. The molecule has 0 aliphatic rings. The summed E-state index contributed by atoms with van der Waals surface area (Å²) in [6, 6.07) is 10.3. The van der Waals surface area contributed by atoms with Crippen LogP contribution >= 0.6 is 0 Å². The Hall–Kier alpha value is -3.45. The van der Waals surface area contributed by atoms with Crippen molar-refractivity contribution in [3.8, 4) is 33.9 Å². The maximum absolute atomic E-state index is 14.9. The highest BCUT2D eigenvalue weighted by molar-refractivity contribution is 6.02. The minimum Gasteiger partial charge on any atom is -0.497 e. The van der Waals surface area contributed by atoms with Crippen molar-refractivity contribution in [2.45, 2.75) is 0 Å². The number of rotatable bonds is 7. The molecule has 0 unspecified atom stereocenters.